The van der Waals surface area contributed by atoms with Gasteiger partial charge in [-0.05, 0) is 79.3 Å². The predicted octanol–water partition coefficient (Wildman–Crippen LogP) is 5.68. The van der Waals surface area contributed by atoms with Crippen molar-refractivity contribution in [1.82, 2.24) is 5.32 Å². The number of methoxy groups -OCH3 is 2. The van der Waals surface area contributed by atoms with Gasteiger partial charge in [0.2, 0.25) is 5.91 Å². The number of amides is 1. The van der Waals surface area contributed by atoms with Gasteiger partial charge in [-0.2, -0.15) is 0 Å². The highest BCUT2D eigenvalue weighted by Gasteiger charge is 2.30. The van der Waals surface area contributed by atoms with Crippen molar-refractivity contribution in [2.24, 2.45) is 29.4 Å². The first kappa shape index (κ1) is 34.5. The normalized spacial score (nSPS) is 15.3. The minimum Gasteiger partial charge on any atom is -0.493 e. The third-order valence-electron chi connectivity index (χ3n) is 7.85. The first-order valence-electron chi connectivity index (χ1n) is 14.7. The highest BCUT2D eigenvalue weighted by Crippen LogP contribution is 2.32. The Bertz CT molecular complexity index is 1050. The fraction of sp³-hybridized carbons (Fsp3) is 0.606. The van der Waals surface area contributed by atoms with Crippen molar-refractivity contribution in [2.75, 3.05) is 27.4 Å². The molecule has 2 aromatic carbocycles. The average Bonchev–Trinajstić information content (AvgIpc) is 2.93. The molecule has 0 unspecified atom stereocenters. The molecule has 41 heavy (non-hydrogen) atoms. The number of benzene rings is 2. The van der Waals surface area contributed by atoms with E-state index in [1.807, 2.05) is 39.0 Å². The van der Waals surface area contributed by atoms with Crippen LogP contribution in [0.3, 0.4) is 0 Å². The van der Waals surface area contributed by atoms with Crippen LogP contribution in [0, 0.1) is 29.5 Å². The summed E-state index contributed by atoms with van der Waals surface area (Å²) >= 11 is 0. The van der Waals surface area contributed by atoms with E-state index in [-0.39, 0.29) is 36.0 Å². The molecular weight excluding hydrogens is 523 g/mol. The molecule has 1 amide bonds. The number of nitrogens with two attached hydrogens (primary N) is 1. The van der Waals surface area contributed by atoms with E-state index < -0.39 is 18.1 Å². The van der Waals surface area contributed by atoms with Gasteiger partial charge in [0.25, 0.3) is 0 Å². The molecule has 0 aliphatic heterocycles. The fourth-order valence-electron chi connectivity index (χ4n) is 5.02. The van der Waals surface area contributed by atoms with E-state index in [4.69, 9.17) is 19.9 Å². The molecule has 0 fully saturated rings. The van der Waals surface area contributed by atoms with Gasteiger partial charge in [0.1, 0.15) is 5.82 Å². The molecule has 2 rings (SSSR count). The number of nitrogens with one attached hydrogen (secondary N) is 1. The van der Waals surface area contributed by atoms with Gasteiger partial charge in [-0.3, -0.25) is 4.79 Å². The molecule has 230 valence electrons. The lowest BCUT2D eigenvalue weighted by Gasteiger charge is -2.30. The van der Waals surface area contributed by atoms with Gasteiger partial charge in [0, 0.05) is 32.1 Å². The number of aliphatic hydroxyl groups excluding tert-OH is 1. The van der Waals surface area contributed by atoms with Crippen molar-refractivity contribution in [3.05, 3.63) is 59.4 Å². The molecule has 2 aromatic rings. The molecule has 0 spiro atoms. The number of hydrogen-bond donors (Lipinski definition) is 3. The molecule has 7 nitrogen and oxygen atoms in total. The van der Waals surface area contributed by atoms with Crippen LogP contribution in [0.4, 0.5) is 4.39 Å². The zero-order valence-electron chi connectivity index (χ0n) is 25.9. The molecule has 0 radical (unpaired) electrons. The summed E-state index contributed by atoms with van der Waals surface area (Å²) in [6.07, 6.45) is 1.62. The SMILES string of the molecule is COCCCOc1cc(C[C@@H](C[C@H](N)[C@@H](O)C[C@H](C(=O)N[C@@H](C)c2ccc(F)cc2)C(C)C)C(C)C)ccc1OC. The molecule has 0 aromatic heterocycles. The number of carbonyl (C=O) groups excluding carboxylic acids is 1. The van der Waals surface area contributed by atoms with Gasteiger partial charge >= 0.3 is 0 Å². The lowest BCUT2D eigenvalue weighted by molar-refractivity contribution is -0.128. The molecule has 0 heterocycles. The molecular formula is C33H51FN2O5. The van der Waals surface area contributed by atoms with E-state index in [1.54, 1.807) is 26.4 Å². The molecule has 5 atom stereocenters. The highest BCUT2D eigenvalue weighted by molar-refractivity contribution is 5.79. The van der Waals surface area contributed by atoms with E-state index in [2.05, 4.69) is 19.2 Å². The van der Waals surface area contributed by atoms with Crippen molar-refractivity contribution in [1.29, 1.82) is 0 Å². The van der Waals surface area contributed by atoms with Crippen LogP contribution in [0.1, 0.15) is 71.0 Å². The van der Waals surface area contributed by atoms with E-state index >= 15 is 0 Å². The summed E-state index contributed by atoms with van der Waals surface area (Å²) in [4.78, 5) is 13.2. The van der Waals surface area contributed by atoms with Crippen LogP contribution >= 0.6 is 0 Å². The van der Waals surface area contributed by atoms with Gasteiger partial charge in [-0.25, -0.2) is 4.39 Å². The maximum Gasteiger partial charge on any atom is 0.223 e. The van der Waals surface area contributed by atoms with Crippen LogP contribution < -0.4 is 20.5 Å². The second kappa shape index (κ2) is 17.3. The van der Waals surface area contributed by atoms with Crippen molar-refractivity contribution in [2.45, 2.75) is 78.5 Å². The zero-order valence-corrected chi connectivity index (χ0v) is 25.9. The molecule has 0 aliphatic carbocycles. The number of aliphatic hydroxyl groups is 1. The van der Waals surface area contributed by atoms with Gasteiger partial charge in [-0.15, -0.1) is 0 Å². The third kappa shape index (κ3) is 11.3. The van der Waals surface area contributed by atoms with E-state index in [9.17, 15) is 14.3 Å². The second-order valence-electron chi connectivity index (χ2n) is 11.7. The van der Waals surface area contributed by atoms with Gasteiger partial charge in [-0.1, -0.05) is 45.9 Å². The zero-order chi connectivity index (χ0) is 30.5. The number of ether oxygens (including phenoxy) is 3. The Kier molecular flexibility index (Phi) is 14.6. The van der Waals surface area contributed by atoms with E-state index in [1.165, 1.54) is 12.1 Å². The summed E-state index contributed by atoms with van der Waals surface area (Å²) in [6, 6.07) is 11.3. The van der Waals surface area contributed by atoms with Crippen molar-refractivity contribution in [3.8, 4) is 11.5 Å². The van der Waals surface area contributed by atoms with Crippen molar-refractivity contribution in [3.63, 3.8) is 0 Å². The van der Waals surface area contributed by atoms with E-state index in [0.717, 1.165) is 24.0 Å². The summed E-state index contributed by atoms with van der Waals surface area (Å²) in [6.45, 7) is 11.3. The second-order valence-corrected chi connectivity index (χ2v) is 11.7. The van der Waals surface area contributed by atoms with Crippen LogP contribution in [-0.4, -0.2) is 50.6 Å². The first-order valence-corrected chi connectivity index (χ1v) is 14.7. The molecule has 0 saturated heterocycles. The van der Waals surface area contributed by atoms with Crippen LogP contribution in [0.5, 0.6) is 11.5 Å². The van der Waals surface area contributed by atoms with Crippen molar-refractivity contribution >= 4 is 5.91 Å². The summed E-state index contributed by atoms with van der Waals surface area (Å²) < 4.78 is 29.8. The Balaban J connectivity index is 2.03. The quantitative estimate of drug-likeness (QED) is 0.198. The Morgan fingerprint density at radius 2 is 1.63 bits per heavy atom. The number of rotatable bonds is 18. The Hall–Kier alpha value is -2.68. The monoisotopic (exact) mass is 574 g/mol. The van der Waals surface area contributed by atoms with E-state index in [0.29, 0.717) is 37.1 Å². The lowest BCUT2D eigenvalue weighted by Crippen LogP contribution is -2.43. The summed E-state index contributed by atoms with van der Waals surface area (Å²) in [7, 11) is 3.30. The topological polar surface area (TPSA) is 103 Å². The minimum atomic E-state index is -0.828. The summed E-state index contributed by atoms with van der Waals surface area (Å²) in [5.41, 5.74) is 8.49. The number of halogens is 1. The Morgan fingerprint density at radius 3 is 2.22 bits per heavy atom. The molecule has 0 aliphatic rings. The van der Waals surface area contributed by atoms with Crippen LogP contribution in [-0.2, 0) is 16.0 Å². The maximum absolute atomic E-state index is 13.3. The fourth-order valence-corrected chi connectivity index (χ4v) is 5.02. The largest absolute Gasteiger partial charge is 0.493 e. The predicted molar refractivity (Wildman–Crippen MR) is 162 cm³/mol. The van der Waals surface area contributed by atoms with Crippen molar-refractivity contribution < 1.29 is 28.5 Å². The average molecular weight is 575 g/mol. The van der Waals surface area contributed by atoms with Gasteiger partial charge < -0.3 is 30.4 Å². The van der Waals surface area contributed by atoms with Gasteiger partial charge in [0.05, 0.1) is 25.9 Å². The van der Waals surface area contributed by atoms with Crippen LogP contribution in [0.2, 0.25) is 0 Å². The third-order valence-corrected chi connectivity index (χ3v) is 7.85. The van der Waals surface area contributed by atoms with Gasteiger partial charge in [0.15, 0.2) is 11.5 Å². The molecule has 8 heteroatoms. The Morgan fingerprint density at radius 1 is 0.951 bits per heavy atom. The maximum atomic E-state index is 13.3. The molecule has 4 N–H and O–H groups in total. The first-order chi connectivity index (χ1) is 19.5. The molecule has 0 bridgehead atoms. The smallest absolute Gasteiger partial charge is 0.223 e. The highest BCUT2D eigenvalue weighted by atomic mass is 19.1. The van der Waals surface area contributed by atoms with Crippen LogP contribution in [0.15, 0.2) is 42.5 Å². The summed E-state index contributed by atoms with van der Waals surface area (Å²) in [5, 5.41) is 14.2. The minimum absolute atomic E-state index is 0.0137. The summed E-state index contributed by atoms with van der Waals surface area (Å²) in [5.74, 6) is 1.10. The number of hydrogen-bond acceptors (Lipinski definition) is 6. The Labute approximate surface area is 246 Å². The standard InChI is InChI=1S/C33H51FN2O5/c1-21(2)26(17-24-9-14-31(40-7)32(18-24)41-16-8-15-39-6)19-29(35)30(37)20-28(22(3)4)33(38)36-23(5)25-10-12-27(34)13-11-25/h9-14,18,21-23,26,28-30,37H,8,15-17,19-20,35H2,1-7H3,(H,36,38)/t23-,26-,28-,29-,30-/m0/s1. The molecule has 0 saturated carbocycles. The lowest BCUT2D eigenvalue weighted by atomic mass is 9.80. The van der Waals surface area contributed by atoms with Crippen LogP contribution in [0.25, 0.3) is 0 Å². The number of carbonyl (C=O) groups is 1.